The van der Waals surface area contributed by atoms with Crippen molar-refractivity contribution in [2.24, 2.45) is 0 Å². The van der Waals surface area contributed by atoms with Crippen LogP contribution in [0.15, 0.2) is 36.4 Å². The van der Waals surface area contributed by atoms with Gasteiger partial charge in [-0.3, -0.25) is 4.79 Å². The Kier molecular flexibility index (Phi) is 2.24. The summed E-state index contributed by atoms with van der Waals surface area (Å²) >= 11 is 0. The van der Waals surface area contributed by atoms with E-state index in [9.17, 15) is 4.79 Å². The highest BCUT2D eigenvalue weighted by Crippen LogP contribution is 2.20. The van der Waals surface area contributed by atoms with Gasteiger partial charge >= 0.3 is 0 Å². The van der Waals surface area contributed by atoms with Crippen molar-refractivity contribution in [2.45, 2.75) is 0 Å². The lowest BCUT2D eigenvalue weighted by molar-refractivity contribution is 0.112. The fourth-order valence-electron chi connectivity index (χ4n) is 1.93. The van der Waals surface area contributed by atoms with Crippen LogP contribution >= 0.6 is 0 Å². The maximum atomic E-state index is 11.0. The molecular formula is C14H7N3O. The molecule has 0 fully saturated rings. The number of nitrogens with zero attached hydrogens (tertiary/aromatic N) is 3. The highest BCUT2D eigenvalue weighted by molar-refractivity contribution is 5.98. The van der Waals surface area contributed by atoms with Crippen molar-refractivity contribution in [2.75, 3.05) is 0 Å². The van der Waals surface area contributed by atoms with Gasteiger partial charge in [-0.25, -0.2) is 9.97 Å². The SMILES string of the molecule is N#Cc1cccc2nc3cccc(C=O)c3nc12. The quantitative estimate of drug-likeness (QED) is 0.478. The molecule has 4 heteroatoms. The minimum Gasteiger partial charge on any atom is -0.298 e. The zero-order valence-electron chi connectivity index (χ0n) is 9.29. The van der Waals surface area contributed by atoms with Crippen molar-refractivity contribution in [1.29, 1.82) is 5.26 Å². The summed E-state index contributed by atoms with van der Waals surface area (Å²) in [6, 6.07) is 12.6. The van der Waals surface area contributed by atoms with Gasteiger partial charge in [0.05, 0.1) is 22.1 Å². The predicted octanol–water partition coefficient (Wildman–Crippen LogP) is 2.47. The number of para-hydroxylation sites is 2. The molecule has 0 aliphatic carbocycles. The van der Waals surface area contributed by atoms with Crippen LogP contribution in [0.3, 0.4) is 0 Å². The Morgan fingerprint density at radius 2 is 1.72 bits per heavy atom. The molecule has 84 valence electrons. The minimum atomic E-state index is 0.461. The number of nitriles is 1. The van der Waals surface area contributed by atoms with Gasteiger partial charge in [0.2, 0.25) is 0 Å². The van der Waals surface area contributed by atoms with Crippen molar-refractivity contribution in [3.63, 3.8) is 0 Å². The summed E-state index contributed by atoms with van der Waals surface area (Å²) in [6.45, 7) is 0. The molecule has 0 aliphatic heterocycles. The first kappa shape index (κ1) is 10.4. The number of aromatic nitrogens is 2. The average molecular weight is 233 g/mol. The van der Waals surface area contributed by atoms with Gasteiger partial charge in [-0.05, 0) is 24.3 Å². The predicted molar refractivity (Wildman–Crippen MR) is 67.1 cm³/mol. The number of rotatable bonds is 1. The first-order valence-electron chi connectivity index (χ1n) is 5.38. The van der Waals surface area contributed by atoms with Gasteiger partial charge in [0.1, 0.15) is 11.6 Å². The smallest absolute Gasteiger partial charge is 0.152 e. The molecule has 0 radical (unpaired) electrons. The van der Waals surface area contributed by atoms with E-state index in [0.717, 1.165) is 6.29 Å². The molecule has 1 heterocycles. The Morgan fingerprint density at radius 3 is 2.44 bits per heavy atom. The van der Waals surface area contributed by atoms with E-state index in [2.05, 4.69) is 16.0 Å². The highest BCUT2D eigenvalue weighted by Gasteiger charge is 2.08. The largest absolute Gasteiger partial charge is 0.298 e. The van der Waals surface area contributed by atoms with Crippen LogP contribution < -0.4 is 0 Å². The van der Waals surface area contributed by atoms with Crippen LogP contribution in [0.5, 0.6) is 0 Å². The summed E-state index contributed by atoms with van der Waals surface area (Å²) in [5.41, 5.74) is 3.31. The number of hydrogen-bond acceptors (Lipinski definition) is 4. The fraction of sp³-hybridized carbons (Fsp3) is 0. The zero-order chi connectivity index (χ0) is 12.5. The standard InChI is InChI=1S/C14H7N3O/c15-7-9-3-1-5-11-13(9)17-14-10(8-18)4-2-6-12(14)16-11/h1-6,8H. The lowest BCUT2D eigenvalue weighted by Gasteiger charge is -2.03. The molecule has 0 unspecified atom stereocenters. The van der Waals surface area contributed by atoms with E-state index in [1.807, 2.05) is 0 Å². The summed E-state index contributed by atoms with van der Waals surface area (Å²) < 4.78 is 0. The van der Waals surface area contributed by atoms with Crippen molar-refractivity contribution < 1.29 is 4.79 Å². The van der Waals surface area contributed by atoms with Crippen LogP contribution in [-0.4, -0.2) is 16.3 Å². The van der Waals surface area contributed by atoms with Gasteiger partial charge in [-0.2, -0.15) is 5.26 Å². The van der Waals surface area contributed by atoms with Gasteiger partial charge in [-0.1, -0.05) is 12.1 Å². The Labute approximate surface area is 103 Å². The number of carbonyl (C=O) groups is 1. The molecule has 0 atom stereocenters. The summed E-state index contributed by atoms with van der Waals surface area (Å²) in [6.07, 6.45) is 0.748. The first-order valence-corrected chi connectivity index (χ1v) is 5.38. The fourth-order valence-corrected chi connectivity index (χ4v) is 1.93. The van der Waals surface area contributed by atoms with Crippen LogP contribution in [0.25, 0.3) is 22.1 Å². The molecule has 0 saturated heterocycles. The molecule has 18 heavy (non-hydrogen) atoms. The van der Waals surface area contributed by atoms with E-state index in [4.69, 9.17) is 5.26 Å². The third-order valence-corrected chi connectivity index (χ3v) is 2.77. The van der Waals surface area contributed by atoms with Gasteiger partial charge in [0, 0.05) is 5.56 Å². The zero-order valence-corrected chi connectivity index (χ0v) is 9.29. The van der Waals surface area contributed by atoms with Crippen LogP contribution in [0.4, 0.5) is 0 Å². The second kappa shape index (κ2) is 3.90. The normalized spacial score (nSPS) is 10.4. The number of hydrogen-bond donors (Lipinski definition) is 0. The van der Waals surface area contributed by atoms with E-state index >= 15 is 0 Å². The minimum absolute atomic E-state index is 0.461. The van der Waals surface area contributed by atoms with E-state index in [1.165, 1.54) is 0 Å². The average Bonchev–Trinajstić information content (AvgIpc) is 2.43. The molecule has 0 amide bonds. The third kappa shape index (κ3) is 1.42. The highest BCUT2D eigenvalue weighted by atomic mass is 16.1. The first-order chi connectivity index (χ1) is 8.83. The van der Waals surface area contributed by atoms with Crippen molar-refractivity contribution >= 4 is 28.4 Å². The van der Waals surface area contributed by atoms with Crippen molar-refractivity contribution in [1.82, 2.24) is 9.97 Å². The second-order valence-electron chi connectivity index (χ2n) is 3.84. The maximum Gasteiger partial charge on any atom is 0.152 e. The molecule has 0 spiro atoms. The van der Waals surface area contributed by atoms with E-state index < -0.39 is 0 Å². The summed E-state index contributed by atoms with van der Waals surface area (Å²) in [4.78, 5) is 19.8. The van der Waals surface area contributed by atoms with Gasteiger partial charge in [0.15, 0.2) is 6.29 Å². The molecule has 0 N–H and O–H groups in total. The summed E-state index contributed by atoms with van der Waals surface area (Å²) in [5, 5.41) is 9.05. The Morgan fingerprint density at radius 1 is 1.00 bits per heavy atom. The number of carbonyl (C=O) groups excluding carboxylic acids is 1. The Hall–Kier alpha value is -2.80. The van der Waals surface area contributed by atoms with E-state index in [1.54, 1.807) is 36.4 Å². The third-order valence-electron chi connectivity index (χ3n) is 2.77. The van der Waals surface area contributed by atoms with Crippen LogP contribution in [-0.2, 0) is 0 Å². The van der Waals surface area contributed by atoms with E-state index in [-0.39, 0.29) is 0 Å². The van der Waals surface area contributed by atoms with Crippen LogP contribution in [0.2, 0.25) is 0 Å². The van der Waals surface area contributed by atoms with Crippen LogP contribution in [0, 0.1) is 11.3 Å². The maximum absolute atomic E-state index is 11.0. The molecule has 3 rings (SSSR count). The van der Waals surface area contributed by atoms with Crippen molar-refractivity contribution in [3.05, 3.63) is 47.5 Å². The second-order valence-corrected chi connectivity index (χ2v) is 3.84. The number of benzene rings is 2. The molecule has 2 aromatic carbocycles. The summed E-state index contributed by atoms with van der Waals surface area (Å²) in [5.74, 6) is 0. The topological polar surface area (TPSA) is 66.6 Å². The van der Waals surface area contributed by atoms with Crippen molar-refractivity contribution in [3.8, 4) is 6.07 Å². The van der Waals surface area contributed by atoms with Gasteiger partial charge < -0.3 is 0 Å². The van der Waals surface area contributed by atoms with Gasteiger partial charge in [0.25, 0.3) is 0 Å². The molecule has 0 bridgehead atoms. The molecule has 1 aromatic heterocycles. The molecular weight excluding hydrogens is 226 g/mol. The monoisotopic (exact) mass is 233 g/mol. The number of aldehydes is 1. The Bertz CT molecular complexity index is 818. The Balaban J connectivity index is 2.53. The van der Waals surface area contributed by atoms with E-state index in [0.29, 0.717) is 33.2 Å². The molecule has 0 saturated carbocycles. The van der Waals surface area contributed by atoms with Crippen LogP contribution in [0.1, 0.15) is 15.9 Å². The lowest BCUT2D eigenvalue weighted by atomic mass is 10.1. The van der Waals surface area contributed by atoms with Gasteiger partial charge in [-0.15, -0.1) is 0 Å². The lowest BCUT2D eigenvalue weighted by Crippen LogP contribution is -1.93. The molecule has 3 aromatic rings. The molecule has 4 nitrogen and oxygen atoms in total. The summed E-state index contributed by atoms with van der Waals surface area (Å²) in [7, 11) is 0. The number of fused-ring (bicyclic) bond motifs is 2. The molecule has 0 aliphatic rings.